The van der Waals surface area contributed by atoms with Crippen LogP contribution >= 0.6 is 0 Å². The van der Waals surface area contributed by atoms with Crippen molar-refractivity contribution in [1.82, 2.24) is 0 Å². The van der Waals surface area contributed by atoms with Crippen molar-refractivity contribution < 1.29 is 0 Å². The third-order valence-electron chi connectivity index (χ3n) is 7.87. The van der Waals surface area contributed by atoms with Crippen molar-refractivity contribution in [2.24, 2.45) is 5.41 Å². The molecule has 0 saturated heterocycles. The summed E-state index contributed by atoms with van der Waals surface area (Å²) in [6.45, 7) is 24.8. The van der Waals surface area contributed by atoms with Gasteiger partial charge in [0, 0.05) is 14.3 Å². The second kappa shape index (κ2) is 8.43. The van der Waals surface area contributed by atoms with Gasteiger partial charge in [0.2, 0.25) is 0 Å². The summed E-state index contributed by atoms with van der Waals surface area (Å²) in [7, 11) is -2.35. The van der Waals surface area contributed by atoms with Gasteiger partial charge in [-0.05, 0) is 67.3 Å². The SMILES string of the molecule is CC1=C(C)C([Si](C)(CC(C)(C)C)C2C(CC[SiH](C)C)=Cc3ccccc32)C(C)=C1C. The molecule has 2 aliphatic rings. The average molecular weight is 437 g/mol. The van der Waals surface area contributed by atoms with Gasteiger partial charge in [-0.1, -0.05) is 99.6 Å². The lowest BCUT2D eigenvalue weighted by Gasteiger charge is -2.46. The van der Waals surface area contributed by atoms with E-state index in [2.05, 4.69) is 98.4 Å². The number of allylic oxidation sites excluding steroid dienone is 5. The molecule has 164 valence electrons. The van der Waals surface area contributed by atoms with Crippen molar-refractivity contribution in [3.8, 4) is 0 Å². The highest BCUT2D eigenvalue weighted by Gasteiger charge is 2.51. The van der Waals surface area contributed by atoms with Crippen LogP contribution in [0.4, 0.5) is 0 Å². The van der Waals surface area contributed by atoms with Crippen LogP contribution in [0, 0.1) is 5.41 Å². The molecule has 30 heavy (non-hydrogen) atoms. The highest BCUT2D eigenvalue weighted by atomic mass is 28.3. The topological polar surface area (TPSA) is 0 Å². The van der Waals surface area contributed by atoms with Gasteiger partial charge < -0.3 is 0 Å². The van der Waals surface area contributed by atoms with Crippen molar-refractivity contribution in [2.45, 2.75) is 97.7 Å². The summed E-state index contributed by atoms with van der Waals surface area (Å²) in [6, 6.07) is 12.1. The first-order valence-corrected chi connectivity index (χ1v) is 18.0. The summed E-state index contributed by atoms with van der Waals surface area (Å²) in [6.07, 6.45) is 3.91. The van der Waals surface area contributed by atoms with Crippen molar-refractivity contribution >= 4 is 22.9 Å². The van der Waals surface area contributed by atoms with Gasteiger partial charge in [-0.2, -0.15) is 0 Å². The number of rotatable bonds is 6. The number of hydrogen-bond acceptors (Lipinski definition) is 0. The molecule has 0 saturated carbocycles. The predicted octanol–water partition coefficient (Wildman–Crippen LogP) is 8.76. The average Bonchev–Trinajstić information content (AvgIpc) is 3.10. The van der Waals surface area contributed by atoms with Crippen molar-refractivity contribution in [3.05, 3.63) is 63.3 Å². The normalized spacial score (nSPS) is 22.1. The van der Waals surface area contributed by atoms with Crippen molar-refractivity contribution in [2.75, 3.05) is 0 Å². The maximum Gasteiger partial charge on any atom is 0.0752 e. The van der Waals surface area contributed by atoms with E-state index in [0.29, 0.717) is 16.5 Å². The third kappa shape index (κ3) is 4.27. The minimum absolute atomic E-state index is 0.349. The Kier molecular flexibility index (Phi) is 6.61. The van der Waals surface area contributed by atoms with Gasteiger partial charge in [0.1, 0.15) is 0 Å². The lowest BCUT2D eigenvalue weighted by molar-refractivity contribution is 0.456. The standard InChI is InChI=1S/C28H44Si2/c1-19-20(2)22(4)26(21(19)3)30(10,18-28(5,6)7)27-24(15-16-29(8)9)17-23-13-11-12-14-25(23)27/h11-14,17,26-27,29H,15-16,18H2,1-10H3. The van der Waals surface area contributed by atoms with Crippen molar-refractivity contribution in [1.29, 1.82) is 0 Å². The van der Waals surface area contributed by atoms with Crippen LogP contribution < -0.4 is 0 Å². The maximum atomic E-state index is 2.76. The van der Waals surface area contributed by atoms with E-state index in [4.69, 9.17) is 0 Å². The summed E-state index contributed by atoms with van der Waals surface area (Å²) in [5, 5.41) is 0. The maximum absolute atomic E-state index is 2.76. The van der Waals surface area contributed by atoms with E-state index in [1.165, 1.54) is 24.1 Å². The van der Waals surface area contributed by atoms with Crippen LogP contribution in [-0.2, 0) is 0 Å². The number of benzene rings is 1. The molecule has 0 amide bonds. The quantitative estimate of drug-likeness (QED) is 0.391. The number of fused-ring (bicyclic) bond motifs is 1. The minimum atomic E-state index is -1.78. The molecular formula is C28H44Si2. The van der Waals surface area contributed by atoms with Crippen LogP contribution in [0.3, 0.4) is 0 Å². The van der Waals surface area contributed by atoms with Gasteiger partial charge in [-0.25, -0.2) is 0 Å². The predicted molar refractivity (Wildman–Crippen MR) is 142 cm³/mol. The number of hydrogen-bond donors (Lipinski definition) is 0. The molecule has 0 radical (unpaired) electrons. The molecule has 0 aliphatic heterocycles. The van der Waals surface area contributed by atoms with Gasteiger partial charge in [-0.3, -0.25) is 0 Å². The molecule has 0 aromatic heterocycles. The molecular weight excluding hydrogens is 392 g/mol. The fraction of sp³-hybridized carbons (Fsp3) is 0.571. The summed E-state index contributed by atoms with van der Waals surface area (Å²) < 4.78 is 0. The summed E-state index contributed by atoms with van der Waals surface area (Å²) in [4.78, 5) is 0. The second-order valence-corrected chi connectivity index (χ2v) is 19.9. The first-order chi connectivity index (χ1) is 13.9. The molecule has 0 N–H and O–H groups in total. The van der Waals surface area contributed by atoms with Gasteiger partial charge >= 0.3 is 0 Å². The van der Waals surface area contributed by atoms with E-state index in [1.807, 2.05) is 0 Å². The highest BCUT2D eigenvalue weighted by Crippen LogP contribution is 2.58. The Morgan fingerprint density at radius 1 is 0.900 bits per heavy atom. The summed E-state index contributed by atoms with van der Waals surface area (Å²) >= 11 is 0. The molecule has 2 unspecified atom stereocenters. The zero-order chi connectivity index (χ0) is 22.4. The van der Waals surface area contributed by atoms with Crippen molar-refractivity contribution in [3.63, 3.8) is 0 Å². The zero-order valence-corrected chi connectivity index (χ0v) is 23.4. The second-order valence-electron chi connectivity index (χ2n) is 12.0. The molecule has 1 aromatic carbocycles. The van der Waals surface area contributed by atoms with Gasteiger partial charge in [0.25, 0.3) is 0 Å². The van der Waals surface area contributed by atoms with Crippen LogP contribution in [0.25, 0.3) is 6.08 Å². The van der Waals surface area contributed by atoms with Gasteiger partial charge in [-0.15, -0.1) is 0 Å². The molecule has 2 heteroatoms. The van der Waals surface area contributed by atoms with E-state index in [0.717, 1.165) is 0 Å². The lowest BCUT2D eigenvalue weighted by atomic mass is 10.0. The monoisotopic (exact) mass is 436 g/mol. The van der Waals surface area contributed by atoms with Crippen LogP contribution in [0.2, 0.25) is 37.3 Å². The van der Waals surface area contributed by atoms with Crippen LogP contribution in [0.15, 0.2) is 52.1 Å². The third-order valence-corrected chi connectivity index (χ3v) is 15.3. The minimum Gasteiger partial charge on any atom is -0.0722 e. The van der Waals surface area contributed by atoms with E-state index in [-0.39, 0.29) is 0 Å². The lowest BCUT2D eigenvalue weighted by Crippen LogP contribution is -2.47. The first-order valence-electron chi connectivity index (χ1n) is 12.0. The molecule has 0 bridgehead atoms. The largest absolute Gasteiger partial charge is 0.0752 e. The van der Waals surface area contributed by atoms with E-state index in [9.17, 15) is 0 Å². The summed E-state index contributed by atoms with van der Waals surface area (Å²) in [5.74, 6) is 0. The van der Waals surface area contributed by atoms with Crippen LogP contribution in [-0.4, -0.2) is 16.9 Å². The van der Waals surface area contributed by atoms with Crippen LogP contribution in [0.5, 0.6) is 0 Å². The van der Waals surface area contributed by atoms with Gasteiger partial charge in [0.15, 0.2) is 0 Å². The Balaban J connectivity index is 2.19. The molecule has 3 rings (SSSR count). The molecule has 0 heterocycles. The molecule has 0 spiro atoms. The Hall–Kier alpha value is -1.13. The fourth-order valence-electron chi connectivity index (χ4n) is 6.69. The van der Waals surface area contributed by atoms with Crippen LogP contribution in [0.1, 0.15) is 71.6 Å². The molecule has 0 fully saturated rings. The molecule has 2 atom stereocenters. The highest BCUT2D eigenvalue weighted by molar-refractivity contribution is 6.83. The molecule has 2 aliphatic carbocycles. The van der Waals surface area contributed by atoms with E-state index >= 15 is 0 Å². The van der Waals surface area contributed by atoms with Gasteiger partial charge in [0.05, 0.1) is 8.07 Å². The summed E-state index contributed by atoms with van der Waals surface area (Å²) in [5.41, 5.74) is 13.1. The molecule has 1 aromatic rings. The Bertz CT molecular complexity index is 883. The Labute approximate surface area is 189 Å². The Morgan fingerprint density at radius 3 is 2.00 bits per heavy atom. The smallest absolute Gasteiger partial charge is 0.0722 e. The van der Waals surface area contributed by atoms with E-state index < -0.39 is 16.9 Å². The fourth-order valence-corrected chi connectivity index (χ4v) is 15.1. The Morgan fingerprint density at radius 2 is 1.47 bits per heavy atom. The van der Waals surface area contributed by atoms with E-state index in [1.54, 1.807) is 33.4 Å². The zero-order valence-electron chi connectivity index (χ0n) is 21.2. The molecule has 0 nitrogen and oxygen atoms in total. The first kappa shape index (κ1) is 23.5.